The Balaban J connectivity index is 1.66. The lowest BCUT2D eigenvalue weighted by Crippen LogP contribution is -2.49. The summed E-state index contributed by atoms with van der Waals surface area (Å²) in [6.07, 6.45) is 10.3. The van der Waals surface area contributed by atoms with E-state index < -0.39 is 0 Å². The van der Waals surface area contributed by atoms with Crippen LogP contribution in [0.25, 0.3) is 22.3 Å². The second kappa shape index (κ2) is 7.47. The first-order valence-corrected chi connectivity index (χ1v) is 10.9. The first-order chi connectivity index (χ1) is 14.5. The van der Waals surface area contributed by atoms with Crippen LogP contribution in [-0.2, 0) is 0 Å². The molecule has 0 spiro atoms. The molecule has 3 aromatic rings. The highest BCUT2D eigenvalue weighted by molar-refractivity contribution is 5.93. The average molecular weight is 404 g/mol. The molecule has 4 heterocycles. The second-order valence-corrected chi connectivity index (χ2v) is 9.27. The van der Waals surface area contributed by atoms with Crippen LogP contribution in [0.2, 0.25) is 0 Å². The third kappa shape index (κ3) is 3.47. The van der Waals surface area contributed by atoms with Crippen LogP contribution >= 0.6 is 0 Å². The van der Waals surface area contributed by atoms with E-state index in [0.717, 1.165) is 41.8 Å². The van der Waals surface area contributed by atoms with Gasteiger partial charge in [0, 0.05) is 35.9 Å². The third-order valence-electron chi connectivity index (χ3n) is 6.67. The van der Waals surface area contributed by atoms with Gasteiger partial charge in [0.25, 0.3) is 0 Å². The van der Waals surface area contributed by atoms with Crippen molar-refractivity contribution in [1.82, 2.24) is 25.3 Å². The molecule has 7 heteroatoms. The van der Waals surface area contributed by atoms with E-state index in [1.807, 2.05) is 24.5 Å². The van der Waals surface area contributed by atoms with Gasteiger partial charge in [-0.05, 0) is 54.8 Å². The van der Waals surface area contributed by atoms with Gasteiger partial charge in [-0.25, -0.2) is 15.0 Å². The van der Waals surface area contributed by atoms with Crippen LogP contribution < -0.4 is 16.4 Å². The minimum absolute atomic E-state index is 0.125. The molecule has 1 aliphatic carbocycles. The molecular weight excluding hydrogens is 374 g/mol. The standard InChI is InChI=1S/C23H29N7/c1-23(2)13-25-8-7-18(23)29-22-20-16(14-4-3-5-14)11-26-12-17(20)28-21(30-22)15-6-9-27-19(24)10-15/h6,9-12,14,18,25H,3-5,7-8,13H2,1-2H3,(H2,24,27)(H,28,29,30). The number of nitrogen functional groups attached to an aromatic ring is 1. The largest absolute Gasteiger partial charge is 0.384 e. The monoisotopic (exact) mass is 403 g/mol. The van der Waals surface area contributed by atoms with Crippen molar-refractivity contribution >= 4 is 22.5 Å². The summed E-state index contributed by atoms with van der Waals surface area (Å²) >= 11 is 0. The maximum atomic E-state index is 5.92. The molecule has 0 bridgehead atoms. The second-order valence-electron chi connectivity index (χ2n) is 9.27. The number of hydrogen-bond donors (Lipinski definition) is 3. The molecule has 0 radical (unpaired) electrons. The first-order valence-electron chi connectivity index (χ1n) is 10.9. The zero-order valence-corrected chi connectivity index (χ0v) is 17.7. The number of nitrogens with one attached hydrogen (secondary N) is 2. The van der Waals surface area contributed by atoms with Crippen molar-refractivity contribution < 1.29 is 0 Å². The zero-order valence-electron chi connectivity index (χ0n) is 17.7. The van der Waals surface area contributed by atoms with E-state index in [9.17, 15) is 0 Å². The average Bonchev–Trinajstić information content (AvgIpc) is 2.68. The number of rotatable bonds is 4. The molecule has 1 saturated heterocycles. The molecule has 1 saturated carbocycles. The van der Waals surface area contributed by atoms with Gasteiger partial charge in [-0.3, -0.25) is 4.98 Å². The topological polar surface area (TPSA) is 102 Å². The summed E-state index contributed by atoms with van der Waals surface area (Å²) in [4.78, 5) is 18.5. The Morgan fingerprint density at radius 2 is 2.03 bits per heavy atom. The van der Waals surface area contributed by atoms with Crippen molar-refractivity contribution in [2.45, 2.75) is 51.5 Å². The van der Waals surface area contributed by atoms with Crippen LogP contribution in [0.4, 0.5) is 11.6 Å². The molecule has 7 nitrogen and oxygen atoms in total. The fraction of sp³-hybridized carbons (Fsp3) is 0.478. The van der Waals surface area contributed by atoms with Crippen molar-refractivity contribution in [3.05, 3.63) is 36.3 Å². The van der Waals surface area contributed by atoms with Crippen LogP contribution in [0, 0.1) is 5.41 Å². The fourth-order valence-electron chi connectivity index (χ4n) is 4.56. The fourth-order valence-corrected chi connectivity index (χ4v) is 4.56. The highest BCUT2D eigenvalue weighted by Gasteiger charge is 2.33. The van der Waals surface area contributed by atoms with E-state index in [0.29, 0.717) is 23.6 Å². The van der Waals surface area contributed by atoms with Gasteiger partial charge in [-0.1, -0.05) is 20.3 Å². The molecule has 0 amide bonds. The van der Waals surface area contributed by atoms with Crippen molar-refractivity contribution in [3.8, 4) is 11.4 Å². The highest BCUT2D eigenvalue weighted by Crippen LogP contribution is 2.42. The molecule has 1 unspecified atom stereocenters. The molecular formula is C23H29N7. The number of pyridine rings is 2. The Kier molecular flexibility index (Phi) is 4.77. The minimum atomic E-state index is 0.125. The summed E-state index contributed by atoms with van der Waals surface area (Å²) in [5.74, 6) is 2.58. The number of piperidine rings is 1. The van der Waals surface area contributed by atoms with Crippen molar-refractivity contribution in [3.63, 3.8) is 0 Å². The van der Waals surface area contributed by atoms with E-state index in [4.69, 9.17) is 15.7 Å². The summed E-state index contributed by atoms with van der Waals surface area (Å²) in [7, 11) is 0. The molecule has 1 aliphatic heterocycles. The third-order valence-corrected chi connectivity index (χ3v) is 6.67. The smallest absolute Gasteiger partial charge is 0.162 e. The summed E-state index contributed by atoms with van der Waals surface area (Å²) in [5, 5.41) is 8.45. The Morgan fingerprint density at radius 1 is 1.17 bits per heavy atom. The van der Waals surface area contributed by atoms with Gasteiger partial charge in [0.05, 0.1) is 11.7 Å². The molecule has 30 heavy (non-hydrogen) atoms. The summed E-state index contributed by atoms with van der Waals surface area (Å²) in [6.45, 7) is 6.60. The molecule has 1 atom stereocenters. The zero-order chi connectivity index (χ0) is 20.7. The van der Waals surface area contributed by atoms with Gasteiger partial charge in [0.1, 0.15) is 11.6 Å². The van der Waals surface area contributed by atoms with Gasteiger partial charge >= 0.3 is 0 Å². The quantitative estimate of drug-likeness (QED) is 0.610. The lowest BCUT2D eigenvalue weighted by molar-refractivity contribution is 0.236. The summed E-state index contributed by atoms with van der Waals surface area (Å²) < 4.78 is 0. The molecule has 156 valence electrons. The van der Waals surface area contributed by atoms with Gasteiger partial charge in [-0.2, -0.15) is 0 Å². The van der Waals surface area contributed by atoms with E-state index in [-0.39, 0.29) is 5.41 Å². The highest BCUT2D eigenvalue weighted by atomic mass is 15.1. The summed E-state index contributed by atoms with van der Waals surface area (Å²) in [5.41, 5.74) is 9.07. The van der Waals surface area contributed by atoms with Crippen LogP contribution in [0.3, 0.4) is 0 Å². The Morgan fingerprint density at radius 3 is 2.77 bits per heavy atom. The number of fused-ring (bicyclic) bond motifs is 1. The number of nitrogens with zero attached hydrogens (tertiary/aromatic N) is 4. The predicted molar refractivity (Wildman–Crippen MR) is 120 cm³/mol. The van der Waals surface area contributed by atoms with E-state index in [1.54, 1.807) is 6.20 Å². The van der Waals surface area contributed by atoms with Crippen LogP contribution in [-0.4, -0.2) is 39.1 Å². The minimum Gasteiger partial charge on any atom is -0.384 e. The normalized spacial score (nSPS) is 21.3. The maximum absolute atomic E-state index is 5.92. The number of hydrogen-bond acceptors (Lipinski definition) is 7. The Hall–Kier alpha value is -2.80. The molecule has 2 fully saturated rings. The Bertz CT molecular complexity index is 1070. The predicted octanol–water partition coefficient (Wildman–Crippen LogP) is 3.74. The van der Waals surface area contributed by atoms with Crippen molar-refractivity contribution in [1.29, 1.82) is 0 Å². The van der Waals surface area contributed by atoms with Crippen molar-refractivity contribution in [2.75, 3.05) is 24.1 Å². The van der Waals surface area contributed by atoms with E-state index in [2.05, 4.69) is 34.4 Å². The summed E-state index contributed by atoms with van der Waals surface area (Å²) in [6, 6.07) is 4.05. The number of aromatic nitrogens is 4. The number of anilines is 2. The molecule has 0 aromatic carbocycles. The lowest BCUT2D eigenvalue weighted by atomic mass is 9.78. The maximum Gasteiger partial charge on any atom is 0.162 e. The van der Waals surface area contributed by atoms with E-state index in [1.165, 1.54) is 24.8 Å². The Labute approximate surface area is 176 Å². The molecule has 5 rings (SSSR count). The van der Waals surface area contributed by atoms with Crippen LogP contribution in [0.1, 0.15) is 51.0 Å². The number of nitrogens with two attached hydrogens (primary N) is 1. The van der Waals surface area contributed by atoms with Gasteiger partial charge in [0.15, 0.2) is 5.82 Å². The SMILES string of the molecule is CC1(C)CNCCC1Nc1nc(-c2ccnc(N)c2)nc2cncc(C3CCC3)c12. The van der Waals surface area contributed by atoms with Gasteiger partial charge in [0.2, 0.25) is 0 Å². The lowest BCUT2D eigenvalue weighted by Gasteiger charge is -2.40. The molecule has 4 N–H and O–H groups in total. The van der Waals surface area contributed by atoms with Crippen LogP contribution in [0.5, 0.6) is 0 Å². The van der Waals surface area contributed by atoms with Crippen molar-refractivity contribution in [2.24, 2.45) is 5.41 Å². The van der Waals surface area contributed by atoms with Crippen LogP contribution in [0.15, 0.2) is 30.7 Å². The van der Waals surface area contributed by atoms with Gasteiger partial charge < -0.3 is 16.4 Å². The first kappa shape index (κ1) is 19.2. The van der Waals surface area contributed by atoms with Gasteiger partial charge in [-0.15, -0.1) is 0 Å². The molecule has 2 aliphatic rings. The van der Waals surface area contributed by atoms with E-state index >= 15 is 0 Å². The molecule has 3 aromatic heterocycles.